The fraction of sp³-hybridized carbons (Fsp3) is 0.538. The number of hydrogen-bond acceptors (Lipinski definition) is 7. The third kappa shape index (κ3) is 3.16. The minimum Gasteiger partial charge on any atom is -0.465 e. The molecule has 124 valence electrons. The maximum atomic E-state index is 12.7. The number of esters is 2. The number of hydrogen-bond donors (Lipinski definition) is 0. The van der Waals surface area contributed by atoms with Crippen molar-refractivity contribution in [2.45, 2.75) is 25.0 Å². The van der Waals surface area contributed by atoms with Crippen molar-refractivity contribution in [1.82, 2.24) is 4.31 Å². The van der Waals surface area contributed by atoms with Crippen LogP contribution in [0.15, 0.2) is 4.21 Å². The molecule has 0 aromatic carbocycles. The fourth-order valence-electron chi connectivity index (χ4n) is 1.98. The molecule has 1 heterocycles. The summed E-state index contributed by atoms with van der Waals surface area (Å²) in [5.41, 5.74) is 0.134. The predicted octanol–water partition coefficient (Wildman–Crippen LogP) is 1.66. The van der Waals surface area contributed by atoms with Crippen LogP contribution < -0.4 is 0 Å². The number of methoxy groups -OCH3 is 2. The zero-order chi connectivity index (χ0) is 17.1. The Balaban J connectivity index is 3.66. The van der Waals surface area contributed by atoms with E-state index in [0.29, 0.717) is 0 Å². The Bertz CT molecular complexity index is 673. The van der Waals surface area contributed by atoms with Gasteiger partial charge in [0.05, 0.1) is 19.8 Å². The molecule has 0 aliphatic rings. The summed E-state index contributed by atoms with van der Waals surface area (Å²) in [7, 11) is -1.54. The topological polar surface area (TPSA) is 90.0 Å². The second kappa shape index (κ2) is 7.21. The Labute approximate surface area is 133 Å². The standard InChI is InChI=1S/C13H19NO6S2/c1-6-14(7-2)22(17,18)13-9(11(15)19-4)8(3)10(21-13)12(16)20-5/h6-7H2,1-5H3. The molecule has 22 heavy (non-hydrogen) atoms. The monoisotopic (exact) mass is 349 g/mol. The van der Waals surface area contributed by atoms with Gasteiger partial charge in [0.15, 0.2) is 4.21 Å². The van der Waals surface area contributed by atoms with Gasteiger partial charge in [-0.2, -0.15) is 4.31 Å². The van der Waals surface area contributed by atoms with Crippen molar-refractivity contribution < 1.29 is 27.5 Å². The molecular formula is C13H19NO6S2. The summed E-state index contributed by atoms with van der Waals surface area (Å²) in [5.74, 6) is -1.48. The highest BCUT2D eigenvalue weighted by molar-refractivity contribution is 7.91. The van der Waals surface area contributed by atoms with Crippen LogP contribution in [0.25, 0.3) is 0 Å². The number of carbonyl (C=O) groups excluding carboxylic acids is 2. The molecule has 0 unspecified atom stereocenters. The molecule has 0 saturated carbocycles. The summed E-state index contributed by atoms with van der Waals surface area (Å²) < 4.78 is 35.7. The lowest BCUT2D eigenvalue weighted by Crippen LogP contribution is -2.31. The van der Waals surface area contributed by atoms with Crippen molar-refractivity contribution >= 4 is 33.3 Å². The first-order valence-corrected chi connectivity index (χ1v) is 8.81. The lowest BCUT2D eigenvalue weighted by atomic mass is 10.2. The van der Waals surface area contributed by atoms with Gasteiger partial charge in [-0.15, -0.1) is 11.3 Å². The Morgan fingerprint density at radius 1 is 1.09 bits per heavy atom. The number of sulfonamides is 1. The molecule has 1 aromatic heterocycles. The van der Waals surface area contributed by atoms with E-state index in [-0.39, 0.29) is 33.3 Å². The van der Waals surface area contributed by atoms with Crippen molar-refractivity contribution in [3.05, 3.63) is 16.0 Å². The molecule has 0 bridgehead atoms. The molecule has 7 nitrogen and oxygen atoms in total. The summed E-state index contributed by atoms with van der Waals surface area (Å²) in [4.78, 5) is 23.8. The zero-order valence-electron chi connectivity index (χ0n) is 13.1. The first kappa shape index (κ1) is 18.6. The van der Waals surface area contributed by atoms with E-state index in [9.17, 15) is 18.0 Å². The number of ether oxygens (including phenoxy) is 2. The van der Waals surface area contributed by atoms with E-state index < -0.39 is 22.0 Å². The third-order valence-corrected chi connectivity index (χ3v) is 6.97. The maximum absolute atomic E-state index is 12.7. The second-order valence-corrected chi connectivity index (χ2v) is 7.44. The van der Waals surface area contributed by atoms with Gasteiger partial charge >= 0.3 is 11.9 Å². The molecule has 0 aliphatic carbocycles. The molecule has 0 radical (unpaired) electrons. The zero-order valence-corrected chi connectivity index (χ0v) is 14.8. The highest BCUT2D eigenvalue weighted by atomic mass is 32.2. The van der Waals surface area contributed by atoms with Gasteiger partial charge in [-0.25, -0.2) is 18.0 Å². The molecule has 0 atom stereocenters. The van der Waals surface area contributed by atoms with E-state index in [1.165, 1.54) is 18.3 Å². The van der Waals surface area contributed by atoms with Crippen LogP contribution in [0.3, 0.4) is 0 Å². The van der Waals surface area contributed by atoms with E-state index in [4.69, 9.17) is 0 Å². The molecule has 1 aromatic rings. The molecule has 0 amide bonds. The van der Waals surface area contributed by atoms with Crippen LogP contribution in [0.2, 0.25) is 0 Å². The molecule has 0 saturated heterocycles. The van der Waals surface area contributed by atoms with Crippen LogP contribution in [0.1, 0.15) is 39.4 Å². The minimum absolute atomic E-state index is 0.0774. The van der Waals surface area contributed by atoms with Crippen molar-refractivity contribution in [3.63, 3.8) is 0 Å². The summed E-state index contributed by atoms with van der Waals surface area (Å²) >= 11 is 0.724. The average molecular weight is 349 g/mol. The second-order valence-electron chi connectivity index (χ2n) is 4.29. The van der Waals surface area contributed by atoms with Crippen molar-refractivity contribution in [3.8, 4) is 0 Å². The van der Waals surface area contributed by atoms with Gasteiger partial charge in [-0.3, -0.25) is 0 Å². The number of nitrogens with zero attached hydrogens (tertiary/aromatic N) is 1. The van der Waals surface area contributed by atoms with Gasteiger partial charge in [-0.05, 0) is 12.5 Å². The highest BCUT2D eigenvalue weighted by Crippen LogP contribution is 2.34. The molecule has 9 heteroatoms. The van der Waals surface area contributed by atoms with Crippen LogP contribution in [-0.2, 0) is 19.5 Å². The lowest BCUT2D eigenvalue weighted by molar-refractivity contribution is 0.0596. The van der Waals surface area contributed by atoms with Gasteiger partial charge in [-0.1, -0.05) is 13.8 Å². The molecule has 0 fully saturated rings. The first-order valence-electron chi connectivity index (χ1n) is 6.56. The highest BCUT2D eigenvalue weighted by Gasteiger charge is 2.35. The van der Waals surface area contributed by atoms with Crippen LogP contribution in [0.4, 0.5) is 0 Å². The van der Waals surface area contributed by atoms with Gasteiger partial charge < -0.3 is 9.47 Å². The summed E-state index contributed by atoms with van der Waals surface area (Å²) in [6, 6.07) is 0. The number of thiophene rings is 1. The van der Waals surface area contributed by atoms with Crippen molar-refractivity contribution in [2.24, 2.45) is 0 Å². The van der Waals surface area contributed by atoms with E-state index in [0.717, 1.165) is 18.4 Å². The van der Waals surface area contributed by atoms with Crippen LogP contribution in [0.5, 0.6) is 0 Å². The van der Waals surface area contributed by atoms with E-state index >= 15 is 0 Å². The Morgan fingerprint density at radius 2 is 1.59 bits per heavy atom. The van der Waals surface area contributed by atoms with Gasteiger partial charge in [0.1, 0.15) is 4.88 Å². The summed E-state index contributed by atoms with van der Waals surface area (Å²) in [5, 5.41) is 0. The Hall–Kier alpha value is -1.45. The van der Waals surface area contributed by atoms with Crippen LogP contribution in [-0.4, -0.2) is 52.0 Å². The van der Waals surface area contributed by atoms with E-state index in [1.807, 2.05) is 0 Å². The largest absolute Gasteiger partial charge is 0.465 e. The summed E-state index contributed by atoms with van der Waals surface area (Å²) in [6.07, 6.45) is 0. The molecular weight excluding hydrogens is 330 g/mol. The van der Waals surface area contributed by atoms with E-state index in [2.05, 4.69) is 9.47 Å². The normalized spacial score (nSPS) is 11.5. The molecule has 0 aliphatic heterocycles. The molecule has 0 N–H and O–H groups in total. The minimum atomic E-state index is -3.89. The van der Waals surface area contributed by atoms with Gasteiger partial charge in [0.25, 0.3) is 10.0 Å². The van der Waals surface area contributed by atoms with Gasteiger partial charge in [0, 0.05) is 13.1 Å². The van der Waals surface area contributed by atoms with Crippen molar-refractivity contribution in [2.75, 3.05) is 27.3 Å². The smallest absolute Gasteiger partial charge is 0.348 e. The average Bonchev–Trinajstić information content (AvgIpc) is 2.85. The van der Waals surface area contributed by atoms with Crippen molar-refractivity contribution in [1.29, 1.82) is 0 Å². The Morgan fingerprint density at radius 3 is 2.00 bits per heavy atom. The number of rotatable bonds is 6. The predicted molar refractivity (Wildman–Crippen MR) is 81.8 cm³/mol. The van der Waals surface area contributed by atoms with Crippen LogP contribution >= 0.6 is 11.3 Å². The fourth-order valence-corrected chi connectivity index (χ4v) is 5.32. The maximum Gasteiger partial charge on any atom is 0.348 e. The lowest BCUT2D eigenvalue weighted by Gasteiger charge is -2.18. The van der Waals surface area contributed by atoms with E-state index in [1.54, 1.807) is 13.8 Å². The SMILES string of the molecule is CCN(CC)S(=O)(=O)c1sc(C(=O)OC)c(C)c1C(=O)OC. The summed E-state index contributed by atoms with van der Waals surface area (Å²) in [6.45, 7) is 5.39. The molecule has 1 rings (SSSR count). The van der Waals surface area contributed by atoms with Crippen LogP contribution in [0, 0.1) is 6.92 Å². The Kier molecular flexibility index (Phi) is 6.09. The van der Waals surface area contributed by atoms with Gasteiger partial charge in [0.2, 0.25) is 0 Å². The third-order valence-electron chi connectivity index (χ3n) is 3.15. The first-order chi connectivity index (χ1) is 10.3. The number of carbonyl (C=O) groups is 2. The quantitative estimate of drug-likeness (QED) is 0.726. The molecule has 0 spiro atoms.